The molecule has 4 rings (SSSR count). The van der Waals surface area contributed by atoms with Crippen LogP contribution in [0.4, 0.5) is 4.79 Å². The molecule has 31 heavy (non-hydrogen) atoms. The highest BCUT2D eigenvalue weighted by molar-refractivity contribution is 5.71. The van der Waals surface area contributed by atoms with Crippen molar-refractivity contribution in [3.05, 3.63) is 78.4 Å². The zero-order valence-corrected chi connectivity index (χ0v) is 17.3. The van der Waals surface area contributed by atoms with E-state index in [1.807, 2.05) is 61.5 Å². The van der Waals surface area contributed by atoms with Crippen molar-refractivity contribution in [3.63, 3.8) is 0 Å². The molecule has 6 heteroatoms. The number of benzene rings is 3. The average molecular weight is 419 g/mol. The Labute approximate surface area is 181 Å². The number of hydrogen-bond acceptors (Lipinski definition) is 5. The monoisotopic (exact) mass is 419 g/mol. The highest BCUT2D eigenvalue weighted by Gasteiger charge is 2.35. The van der Waals surface area contributed by atoms with Crippen LogP contribution in [0.25, 0.3) is 11.1 Å². The SMILES string of the molecule is CC(Cc1ccc(O)c(O)c1)N1CC(COc2ccccc2-c2ccccc2)OC1=O. The number of ether oxygens (including phenoxy) is 2. The third-order valence-corrected chi connectivity index (χ3v) is 5.40. The van der Waals surface area contributed by atoms with Gasteiger partial charge in [-0.3, -0.25) is 0 Å². The maximum Gasteiger partial charge on any atom is 0.410 e. The van der Waals surface area contributed by atoms with E-state index in [1.54, 1.807) is 11.0 Å². The molecule has 0 aromatic heterocycles. The second kappa shape index (κ2) is 9.00. The number of rotatable bonds is 7. The molecule has 3 aromatic rings. The lowest BCUT2D eigenvalue weighted by molar-refractivity contribution is 0.102. The van der Waals surface area contributed by atoms with E-state index in [0.717, 1.165) is 22.4 Å². The first-order valence-corrected chi connectivity index (χ1v) is 10.3. The van der Waals surface area contributed by atoms with Gasteiger partial charge in [0.1, 0.15) is 12.4 Å². The molecule has 0 spiro atoms. The van der Waals surface area contributed by atoms with E-state index in [1.165, 1.54) is 12.1 Å². The molecular formula is C25H25NO5. The van der Waals surface area contributed by atoms with Gasteiger partial charge in [-0.15, -0.1) is 0 Å². The number of para-hydroxylation sites is 1. The van der Waals surface area contributed by atoms with Crippen molar-refractivity contribution >= 4 is 6.09 Å². The molecule has 3 aromatic carbocycles. The summed E-state index contributed by atoms with van der Waals surface area (Å²) < 4.78 is 11.5. The lowest BCUT2D eigenvalue weighted by Crippen LogP contribution is -2.36. The van der Waals surface area contributed by atoms with Crippen LogP contribution >= 0.6 is 0 Å². The van der Waals surface area contributed by atoms with Gasteiger partial charge in [-0.25, -0.2) is 4.79 Å². The highest BCUT2D eigenvalue weighted by atomic mass is 16.6. The largest absolute Gasteiger partial charge is 0.504 e. The van der Waals surface area contributed by atoms with Gasteiger partial charge in [-0.05, 0) is 42.7 Å². The molecule has 0 aliphatic carbocycles. The fourth-order valence-electron chi connectivity index (χ4n) is 3.77. The Hall–Kier alpha value is -3.67. The third kappa shape index (κ3) is 4.74. The minimum Gasteiger partial charge on any atom is -0.504 e. The van der Waals surface area contributed by atoms with Crippen LogP contribution in [0.2, 0.25) is 0 Å². The minimum absolute atomic E-state index is 0.127. The number of hydrogen-bond donors (Lipinski definition) is 2. The Morgan fingerprint density at radius 1 is 1.03 bits per heavy atom. The van der Waals surface area contributed by atoms with Crippen LogP contribution in [0.1, 0.15) is 12.5 Å². The van der Waals surface area contributed by atoms with Crippen LogP contribution in [0.5, 0.6) is 17.2 Å². The van der Waals surface area contributed by atoms with Gasteiger partial charge < -0.3 is 24.6 Å². The van der Waals surface area contributed by atoms with E-state index in [4.69, 9.17) is 9.47 Å². The number of carbonyl (C=O) groups is 1. The quantitative estimate of drug-likeness (QED) is 0.548. The van der Waals surface area contributed by atoms with Gasteiger partial charge in [0.25, 0.3) is 0 Å². The van der Waals surface area contributed by atoms with Crippen LogP contribution in [-0.2, 0) is 11.2 Å². The lowest BCUT2D eigenvalue weighted by Gasteiger charge is -2.22. The number of carbonyl (C=O) groups excluding carboxylic acids is 1. The highest BCUT2D eigenvalue weighted by Crippen LogP contribution is 2.30. The number of nitrogens with zero attached hydrogens (tertiary/aromatic N) is 1. The fourth-order valence-corrected chi connectivity index (χ4v) is 3.77. The number of aromatic hydroxyl groups is 2. The van der Waals surface area contributed by atoms with Gasteiger partial charge in [0.2, 0.25) is 0 Å². The van der Waals surface area contributed by atoms with Gasteiger partial charge in [-0.2, -0.15) is 0 Å². The average Bonchev–Trinajstić information content (AvgIpc) is 3.16. The molecule has 1 heterocycles. The molecule has 2 atom stereocenters. The van der Waals surface area contributed by atoms with Gasteiger partial charge >= 0.3 is 6.09 Å². The molecule has 0 bridgehead atoms. The van der Waals surface area contributed by atoms with E-state index in [-0.39, 0.29) is 36.3 Å². The molecule has 1 amide bonds. The summed E-state index contributed by atoms with van der Waals surface area (Å²) in [5.41, 5.74) is 2.88. The molecule has 6 nitrogen and oxygen atoms in total. The van der Waals surface area contributed by atoms with Gasteiger partial charge in [0.15, 0.2) is 17.6 Å². The summed E-state index contributed by atoms with van der Waals surface area (Å²) in [7, 11) is 0. The molecule has 0 saturated carbocycles. The number of amides is 1. The number of phenols is 2. The fraction of sp³-hybridized carbons (Fsp3) is 0.240. The second-order valence-corrected chi connectivity index (χ2v) is 7.71. The molecule has 2 unspecified atom stereocenters. The smallest absolute Gasteiger partial charge is 0.410 e. The predicted molar refractivity (Wildman–Crippen MR) is 117 cm³/mol. The van der Waals surface area contributed by atoms with Crippen molar-refractivity contribution in [1.82, 2.24) is 4.90 Å². The van der Waals surface area contributed by atoms with E-state index in [9.17, 15) is 15.0 Å². The Bertz CT molecular complexity index is 1050. The number of cyclic esters (lactones) is 1. The first-order valence-electron chi connectivity index (χ1n) is 10.3. The Kier molecular flexibility index (Phi) is 5.98. The summed E-state index contributed by atoms with van der Waals surface area (Å²) in [6.07, 6.45) is -0.208. The van der Waals surface area contributed by atoms with Crippen LogP contribution in [0.3, 0.4) is 0 Å². The van der Waals surface area contributed by atoms with Crippen molar-refractivity contribution in [2.75, 3.05) is 13.2 Å². The summed E-state index contributed by atoms with van der Waals surface area (Å²) in [5.74, 6) is 0.415. The summed E-state index contributed by atoms with van der Waals surface area (Å²) in [5, 5.41) is 19.1. The molecule has 1 aliphatic rings. The topological polar surface area (TPSA) is 79.2 Å². The van der Waals surface area contributed by atoms with Crippen LogP contribution < -0.4 is 4.74 Å². The standard InChI is InChI=1S/C25H25NO5/c1-17(13-18-11-12-22(27)23(28)14-18)26-15-20(31-25(26)29)16-30-24-10-6-5-9-21(24)19-7-3-2-4-8-19/h2-12,14,17,20,27-28H,13,15-16H2,1H3. The predicted octanol–water partition coefficient (Wildman–Crippen LogP) is 4.60. The number of phenolic OH excluding ortho intramolecular Hbond substituents is 2. The summed E-state index contributed by atoms with van der Waals surface area (Å²) >= 11 is 0. The molecule has 1 saturated heterocycles. The minimum atomic E-state index is -0.375. The zero-order valence-electron chi connectivity index (χ0n) is 17.3. The van der Waals surface area contributed by atoms with E-state index >= 15 is 0 Å². The van der Waals surface area contributed by atoms with Crippen LogP contribution in [0.15, 0.2) is 72.8 Å². The summed E-state index contributed by atoms with van der Waals surface area (Å²) in [4.78, 5) is 14.1. The Morgan fingerprint density at radius 3 is 2.55 bits per heavy atom. The van der Waals surface area contributed by atoms with Crippen LogP contribution in [-0.4, -0.2) is 46.5 Å². The molecule has 160 valence electrons. The molecular weight excluding hydrogens is 394 g/mol. The molecule has 2 N–H and O–H groups in total. The summed E-state index contributed by atoms with van der Waals surface area (Å²) in [6, 6.07) is 22.4. The zero-order chi connectivity index (χ0) is 21.8. The maximum absolute atomic E-state index is 12.4. The van der Waals surface area contributed by atoms with Crippen molar-refractivity contribution in [2.24, 2.45) is 0 Å². The normalized spacial score (nSPS) is 16.7. The van der Waals surface area contributed by atoms with Crippen molar-refractivity contribution < 1.29 is 24.5 Å². The van der Waals surface area contributed by atoms with Crippen molar-refractivity contribution in [3.8, 4) is 28.4 Å². The Balaban J connectivity index is 1.38. The van der Waals surface area contributed by atoms with E-state index in [0.29, 0.717) is 13.0 Å². The maximum atomic E-state index is 12.4. The second-order valence-electron chi connectivity index (χ2n) is 7.71. The van der Waals surface area contributed by atoms with Crippen LogP contribution in [0, 0.1) is 0 Å². The third-order valence-electron chi connectivity index (χ3n) is 5.40. The molecule has 1 fully saturated rings. The van der Waals surface area contributed by atoms with Gasteiger partial charge in [-0.1, -0.05) is 54.6 Å². The first-order chi connectivity index (χ1) is 15.0. The summed E-state index contributed by atoms with van der Waals surface area (Å²) in [6.45, 7) is 2.62. The van der Waals surface area contributed by atoms with E-state index < -0.39 is 0 Å². The van der Waals surface area contributed by atoms with E-state index in [2.05, 4.69) is 0 Å². The van der Waals surface area contributed by atoms with Crippen molar-refractivity contribution in [1.29, 1.82) is 0 Å². The molecule has 1 aliphatic heterocycles. The van der Waals surface area contributed by atoms with Gasteiger partial charge in [0.05, 0.1) is 6.54 Å². The lowest BCUT2D eigenvalue weighted by atomic mass is 10.0. The first kappa shape index (κ1) is 20.6. The molecule has 0 radical (unpaired) electrons. The Morgan fingerprint density at radius 2 is 1.77 bits per heavy atom. The van der Waals surface area contributed by atoms with Gasteiger partial charge in [0, 0.05) is 11.6 Å². The van der Waals surface area contributed by atoms with Crippen molar-refractivity contribution in [2.45, 2.75) is 25.5 Å².